The number of hydrogen-bond acceptors (Lipinski definition) is 6. The summed E-state index contributed by atoms with van der Waals surface area (Å²) in [6, 6.07) is 8.89. The van der Waals surface area contributed by atoms with E-state index in [1.54, 1.807) is 6.20 Å². The Hall–Kier alpha value is -3.95. The van der Waals surface area contributed by atoms with E-state index in [9.17, 15) is 14.4 Å². The van der Waals surface area contributed by atoms with Crippen LogP contribution in [0.15, 0.2) is 41.5 Å². The second kappa shape index (κ2) is 14.1. The highest BCUT2D eigenvalue weighted by Gasteiger charge is 2.27. The molecule has 2 heterocycles. The Morgan fingerprint density at radius 2 is 1.90 bits per heavy atom. The van der Waals surface area contributed by atoms with Crippen LogP contribution in [0.1, 0.15) is 81.4 Å². The molecule has 4 rings (SSSR count). The van der Waals surface area contributed by atoms with Crippen molar-refractivity contribution in [1.29, 1.82) is 0 Å². The first-order valence-corrected chi connectivity index (χ1v) is 14.6. The van der Waals surface area contributed by atoms with Gasteiger partial charge in [0.1, 0.15) is 11.7 Å². The smallest absolute Gasteiger partial charge is 0.324 e. The SMILES string of the molecule is Cc1cc(CC(=O)NC(CC(C)C)C2=NCC(CCC(=O)O)N2)ccc1NC(=O)Nc1ncccc1C1CCCC1. The molecule has 2 atom stereocenters. The number of aliphatic carboxylic acids is 1. The fraction of sp³-hybridized carbons (Fsp3) is 0.516. The Bertz CT molecular complexity index is 1270. The molecule has 1 aromatic carbocycles. The van der Waals surface area contributed by atoms with Crippen LogP contribution >= 0.6 is 0 Å². The molecule has 0 radical (unpaired) electrons. The van der Waals surface area contributed by atoms with E-state index in [1.807, 2.05) is 37.3 Å². The van der Waals surface area contributed by atoms with Gasteiger partial charge in [-0.2, -0.15) is 0 Å². The number of urea groups is 1. The third-order valence-electron chi connectivity index (χ3n) is 7.68. The number of nitrogens with zero attached hydrogens (tertiary/aromatic N) is 2. The molecule has 5 N–H and O–H groups in total. The Morgan fingerprint density at radius 3 is 2.61 bits per heavy atom. The van der Waals surface area contributed by atoms with Crippen LogP contribution < -0.4 is 21.3 Å². The molecule has 2 unspecified atom stereocenters. The average molecular weight is 563 g/mol. The summed E-state index contributed by atoms with van der Waals surface area (Å²) in [6.07, 6.45) is 7.82. The van der Waals surface area contributed by atoms with Gasteiger partial charge in [-0.05, 0) is 73.3 Å². The van der Waals surface area contributed by atoms with Gasteiger partial charge in [0.05, 0.1) is 19.0 Å². The van der Waals surface area contributed by atoms with Gasteiger partial charge in [0.15, 0.2) is 0 Å². The first-order chi connectivity index (χ1) is 19.7. The molecule has 0 saturated heterocycles. The lowest BCUT2D eigenvalue weighted by atomic mass is 9.98. The summed E-state index contributed by atoms with van der Waals surface area (Å²) in [5.74, 6) is 1.14. The van der Waals surface area contributed by atoms with E-state index in [0.717, 1.165) is 36.0 Å². The van der Waals surface area contributed by atoms with Gasteiger partial charge in [-0.25, -0.2) is 9.78 Å². The normalized spacial score (nSPS) is 17.6. The Balaban J connectivity index is 1.32. The molecule has 1 fully saturated rings. The van der Waals surface area contributed by atoms with Crippen molar-refractivity contribution in [3.8, 4) is 0 Å². The number of pyridine rings is 1. The van der Waals surface area contributed by atoms with Crippen LogP contribution in [0.25, 0.3) is 0 Å². The van der Waals surface area contributed by atoms with Gasteiger partial charge in [0.2, 0.25) is 5.91 Å². The lowest BCUT2D eigenvalue weighted by Gasteiger charge is -2.22. The molecular formula is C31H42N6O4. The molecule has 1 aromatic heterocycles. The average Bonchev–Trinajstić information content (AvgIpc) is 3.62. The second-order valence-electron chi connectivity index (χ2n) is 11.6. The van der Waals surface area contributed by atoms with Crippen LogP contribution in [0, 0.1) is 12.8 Å². The number of aromatic nitrogens is 1. The van der Waals surface area contributed by atoms with Crippen molar-refractivity contribution in [3.05, 3.63) is 53.2 Å². The van der Waals surface area contributed by atoms with Crippen LogP contribution in [0.5, 0.6) is 0 Å². The molecule has 1 saturated carbocycles. The van der Waals surface area contributed by atoms with E-state index >= 15 is 0 Å². The van der Waals surface area contributed by atoms with Gasteiger partial charge in [-0.1, -0.05) is 44.9 Å². The predicted molar refractivity (Wildman–Crippen MR) is 160 cm³/mol. The van der Waals surface area contributed by atoms with E-state index in [1.165, 1.54) is 12.8 Å². The maximum absolute atomic E-state index is 13.0. The number of carbonyl (C=O) groups excluding carboxylic acids is 2. The number of amides is 3. The highest BCUT2D eigenvalue weighted by molar-refractivity contribution is 6.00. The van der Waals surface area contributed by atoms with Crippen LogP contribution in [-0.2, 0) is 16.0 Å². The second-order valence-corrected chi connectivity index (χ2v) is 11.6. The highest BCUT2D eigenvalue weighted by atomic mass is 16.4. The van der Waals surface area contributed by atoms with E-state index in [4.69, 9.17) is 5.11 Å². The van der Waals surface area contributed by atoms with E-state index in [2.05, 4.69) is 45.1 Å². The molecule has 1 aliphatic carbocycles. The molecule has 10 heteroatoms. The number of carboxylic acids is 1. The maximum Gasteiger partial charge on any atom is 0.324 e. The third kappa shape index (κ3) is 8.77. The van der Waals surface area contributed by atoms with Crippen LogP contribution in [0.4, 0.5) is 16.3 Å². The number of aryl methyl sites for hydroxylation is 1. The van der Waals surface area contributed by atoms with Crippen molar-refractivity contribution in [1.82, 2.24) is 15.6 Å². The van der Waals surface area contributed by atoms with Gasteiger partial charge >= 0.3 is 12.0 Å². The zero-order chi connectivity index (χ0) is 29.4. The minimum Gasteiger partial charge on any atom is -0.481 e. The van der Waals surface area contributed by atoms with Gasteiger partial charge in [0, 0.05) is 24.3 Å². The number of carboxylic acid groups (broad SMARTS) is 1. The van der Waals surface area contributed by atoms with Crippen molar-refractivity contribution in [2.45, 2.75) is 90.1 Å². The first kappa shape index (κ1) is 30.0. The molecule has 0 spiro atoms. The Kier molecular flexibility index (Phi) is 10.3. The summed E-state index contributed by atoms with van der Waals surface area (Å²) < 4.78 is 0. The number of aliphatic imine (C=N–C) groups is 1. The quantitative estimate of drug-likeness (QED) is 0.246. The number of nitrogens with one attached hydrogen (secondary N) is 4. The van der Waals surface area contributed by atoms with E-state index in [0.29, 0.717) is 42.1 Å². The summed E-state index contributed by atoms with van der Waals surface area (Å²) in [5.41, 5.74) is 3.44. The van der Waals surface area contributed by atoms with Crippen LogP contribution in [0.3, 0.4) is 0 Å². The molecule has 10 nitrogen and oxygen atoms in total. The number of anilines is 2. The van der Waals surface area contributed by atoms with Gasteiger partial charge in [-0.3, -0.25) is 19.9 Å². The molecule has 220 valence electrons. The monoisotopic (exact) mass is 562 g/mol. The van der Waals surface area contributed by atoms with Crippen molar-refractivity contribution in [3.63, 3.8) is 0 Å². The van der Waals surface area contributed by atoms with Gasteiger partial charge < -0.3 is 21.1 Å². The van der Waals surface area contributed by atoms with Crippen molar-refractivity contribution in [2.24, 2.45) is 10.9 Å². The van der Waals surface area contributed by atoms with Crippen molar-refractivity contribution >= 4 is 35.2 Å². The first-order valence-electron chi connectivity index (χ1n) is 14.6. The number of benzene rings is 1. The Labute approximate surface area is 241 Å². The molecule has 2 aliphatic rings. The molecule has 2 aromatic rings. The molecule has 3 amide bonds. The number of rotatable bonds is 12. The lowest BCUT2D eigenvalue weighted by molar-refractivity contribution is -0.137. The van der Waals surface area contributed by atoms with Crippen LogP contribution in [-0.4, -0.2) is 52.5 Å². The molecule has 0 bridgehead atoms. The van der Waals surface area contributed by atoms with Gasteiger partial charge in [0.25, 0.3) is 0 Å². The van der Waals surface area contributed by atoms with Crippen molar-refractivity contribution in [2.75, 3.05) is 17.2 Å². The lowest BCUT2D eigenvalue weighted by Crippen LogP contribution is -2.48. The minimum absolute atomic E-state index is 0.0282. The summed E-state index contributed by atoms with van der Waals surface area (Å²) in [6.45, 7) is 6.59. The summed E-state index contributed by atoms with van der Waals surface area (Å²) in [7, 11) is 0. The minimum atomic E-state index is -0.828. The van der Waals surface area contributed by atoms with Crippen molar-refractivity contribution < 1.29 is 19.5 Å². The topological polar surface area (TPSA) is 145 Å². The standard InChI is InChI=1S/C31H42N6O4/c1-19(2)15-26(30-33-18-23(34-30)11-13-28(39)40)35-27(38)17-21-10-12-25(20(3)16-21)36-31(41)37-29-24(9-6-14-32-29)22-7-4-5-8-22/h6,9-10,12,14,16,19,22-23,26H,4-5,7-8,11,13,15,17-18H2,1-3H3,(H,33,34)(H,35,38)(H,39,40)(H2,32,36,37,41). The fourth-order valence-electron chi connectivity index (χ4n) is 5.65. The highest BCUT2D eigenvalue weighted by Crippen LogP contribution is 2.36. The van der Waals surface area contributed by atoms with Gasteiger partial charge in [-0.15, -0.1) is 0 Å². The predicted octanol–water partition coefficient (Wildman–Crippen LogP) is 5.00. The summed E-state index contributed by atoms with van der Waals surface area (Å²) in [4.78, 5) is 45.7. The van der Waals surface area contributed by atoms with Crippen LogP contribution in [0.2, 0.25) is 0 Å². The number of amidine groups is 1. The molecular weight excluding hydrogens is 520 g/mol. The summed E-state index contributed by atoms with van der Waals surface area (Å²) in [5, 5.41) is 21.2. The maximum atomic E-state index is 13.0. The Morgan fingerprint density at radius 1 is 1.12 bits per heavy atom. The third-order valence-corrected chi connectivity index (χ3v) is 7.68. The largest absolute Gasteiger partial charge is 0.481 e. The molecule has 41 heavy (non-hydrogen) atoms. The summed E-state index contributed by atoms with van der Waals surface area (Å²) >= 11 is 0. The fourth-order valence-corrected chi connectivity index (χ4v) is 5.65. The number of carbonyl (C=O) groups is 3. The zero-order valence-corrected chi connectivity index (χ0v) is 24.2. The van der Waals surface area contributed by atoms with E-state index in [-0.39, 0.29) is 36.9 Å². The van der Waals surface area contributed by atoms with E-state index < -0.39 is 5.97 Å². The zero-order valence-electron chi connectivity index (χ0n) is 24.2. The molecule has 1 aliphatic heterocycles. The number of hydrogen-bond donors (Lipinski definition) is 5.